The molecule has 0 saturated heterocycles. The van der Waals surface area contributed by atoms with Crippen LogP contribution in [0.25, 0.3) is 11.5 Å². The van der Waals surface area contributed by atoms with Gasteiger partial charge in [-0.25, -0.2) is 4.79 Å². The smallest absolute Gasteiger partial charge is 0.338 e. The minimum atomic E-state index is -0.523. The monoisotopic (exact) mass is 348 g/mol. The number of benzene rings is 2. The van der Waals surface area contributed by atoms with Crippen LogP contribution in [0, 0.1) is 0 Å². The lowest BCUT2D eigenvalue weighted by molar-refractivity contribution is 0.0438. The van der Waals surface area contributed by atoms with Crippen molar-refractivity contribution in [1.82, 2.24) is 10.2 Å². The molecule has 1 heterocycles. The lowest BCUT2D eigenvalue weighted by Crippen LogP contribution is -2.05. The van der Waals surface area contributed by atoms with Crippen LogP contribution in [-0.2, 0) is 11.3 Å². The average Bonchev–Trinajstić information content (AvgIpc) is 3.02. The summed E-state index contributed by atoms with van der Waals surface area (Å²) in [6, 6.07) is 13.6. The molecule has 0 radical (unpaired) electrons. The first-order valence-electron chi connectivity index (χ1n) is 6.63. The number of nitrogens with zero attached hydrogens (tertiary/aromatic N) is 2. The molecule has 0 saturated carbocycles. The zero-order chi connectivity index (χ0) is 16.2. The van der Waals surface area contributed by atoms with E-state index in [1.807, 2.05) is 6.07 Å². The molecule has 0 aliphatic carbocycles. The zero-order valence-electron chi connectivity index (χ0n) is 11.7. The molecule has 1 aromatic heterocycles. The Balaban J connectivity index is 1.68. The maximum Gasteiger partial charge on any atom is 0.338 e. The second-order valence-corrected chi connectivity index (χ2v) is 5.41. The van der Waals surface area contributed by atoms with E-state index in [9.17, 15) is 4.79 Å². The molecule has 0 aliphatic rings. The van der Waals surface area contributed by atoms with Crippen LogP contribution in [0.2, 0.25) is 10.0 Å². The van der Waals surface area contributed by atoms with Crippen LogP contribution >= 0.6 is 23.2 Å². The highest BCUT2D eigenvalue weighted by molar-refractivity contribution is 6.33. The number of halogens is 2. The molecular formula is C16H10Cl2N2O3. The third-order valence-electron chi connectivity index (χ3n) is 2.96. The lowest BCUT2D eigenvalue weighted by Gasteiger charge is -2.02. The van der Waals surface area contributed by atoms with Crippen LogP contribution in [0.4, 0.5) is 0 Å². The minimum absolute atomic E-state index is 0.136. The first kappa shape index (κ1) is 15.5. The molecule has 0 bridgehead atoms. The molecule has 0 N–H and O–H groups in total. The number of hydrogen-bond acceptors (Lipinski definition) is 5. The van der Waals surface area contributed by atoms with Crippen molar-refractivity contribution in [3.8, 4) is 11.5 Å². The van der Waals surface area contributed by atoms with E-state index < -0.39 is 5.97 Å². The highest BCUT2D eigenvalue weighted by Gasteiger charge is 2.14. The number of rotatable bonds is 4. The third kappa shape index (κ3) is 3.70. The lowest BCUT2D eigenvalue weighted by atomic mass is 10.2. The van der Waals surface area contributed by atoms with Gasteiger partial charge in [-0.05, 0) is 30.3 Å². The zero-order valence-corrected chi connectivity index (χ0v) is 13.2. The van der Waals surface area contributed by atoms with Crippen molar-refractivity contribution < 1.29 is 13.9 Å². The second-order valence-electron chi connectivity index (χ2n) is 4.57. The molecule has 0 spiro atoms. The second kappa shape index (κ2) is 6.81. The maximum absolute atomic E-state index is 11.9. The van der Waals surface area contributed by atoms with Crippen molar-refractivity contribution in [3.05, 3.63) is 70.0 Å². The molecule has 116 valence electrons. The predicted octanol–water partition coefficient (Wildman–Crippen LogP) is 4.40. The van der Waals surface area contributed by atoms with Crippen LogP contribution in [0.3, 0.4) is 0 Å². The Labute approximate surface area is 141 Å². The highest BCUT2D eigenvalue weighted by Crippen LogP contribution is 2.26. The Morgan fingerprint density at radius 2 is 1.91 bits per heavy atom. The number of ether oxygens (including phenoxy) is 1. The Hall–Kier alpha value is -2.37. The number of aromatic nitrogens is 2. The van der Waals surface area contributed by atoms with Gasteiger partial charge in [-0.15, -0.1) is 10.2 Å². The highest BCUT2D eigenvalue weighted by atomic mass is 35.5. The topological polar surface area (TPSA) is 65.2 Å². The Morgan fingerprint density at radius 1 is 1.09 bits per heavy atom. The van der Waals surface area contributed by atoms with Gasteiger partial charge in [0.15, 0.2) is 6.61 Å². The van der Waals surface area contributed by atoms with Crippen molar-refractivity contribution in [2.45, 2.75) is 6.61 Å². The standard InChI is InChI=1S/C16H10Cl2N2O3/c17-11-5-3-4-10(8-11)16(21)22-9-14-19-20-15(23-14)12-6-1-2-7-13(12)18/h1-8H,9H2. The summed E-state index contributed by atoms with van der Waals surface area (Å²) in [6.45, 7) is -0.136. The van der Waals surface area contributed by atoms with E-state index in [4.69, 9.17) is 32.4 Å². The normalized spacial score (nSPS) is 10.5. The number of hydrogen-bond donors (Lipinski definition) is 0. The summed E-state index contributed by atoms with van der Waals surface area (Å²) < 4.78 is 10.6. The van der Waals surface area contributed by atoms with Gasteiger partial charge >= 0.3 is 5.97 Å². The Bertz CT molecular complexity index is 849. The van der Waals surface area contributed by atoms with Gasteiger partial charge in [0.05, 0.1) is 16.1 Å². The van der Waals surface area contributed by atoms with Crippen LogP contribution in [0.15, 0.2) is 52.9 Å². The van der Waals surface area contributed by atoms with Crippen LogP contribution in [0.5, 0.6) is 0 Å². The van der Waals surface area contributed by atoms with Crippen molar-refractivity contribution in [2.75, 3.05) is 0 Å². The summed E-state index contributed by atoms with van der Waals surface area (Å²) in [5.41, 5.74) is 0.970. The molecule has 0 aliphatic heterocycles. The van der Waals surface area contributed by atoms with Crippen molar-refractivity contribution in [1.29, 1.82) is 0 Å². The largest absolute Gasteiger partial charge is 0.452 e. The summed E-state index contributed by atoms with van der Waals surface area (Å²) >= 11 is 11.9. The van der Waals surface area contributed by atoms with E-state index in [1.165, 1.54) is 6.07 Å². The molecular weight excluding hydrogens is 339 g/mol. The summed E-state index contributed by atoms with van der Waals surface area (Å²) in [4.78, 5) is 11.9. The average molecular weight is 349 g/mol. The fourth-order valence-corrected chi connectivity index (χ4v) is 2.29. The van der Waals surface area contributed by atoms with Crippen molar-refractivity contribution in [3.63, 3.8) is 0 Å². The first-order valence-corrected chi connectivity index (χ1v) is 7.39. The number of esters is 1. The molecule has 2 aromatic carbocycles. The van der Waals surface area contributed by atoms with Gasteiger partial charge in [-0.3, -0.25) is 0 Å². The van der Waals surface area contributed by atoms with Crippen LogP contribution in [-0.4, -0.2) is 16.2 Å². The third-order valence-corrected chi connectivity index (χ3v) is 3.52. The van der Waals surface area contributed by atoms with E-state index in [2.05, 4.69) is 10.2 Å². The van der Waals surface area contributed by atoms with Crippen LogP contribution < -0.4 is 0 Å². The van der Waals surface area contributed by atoms with Gasteiger partial charge in [0.25, 0.3) is 5.89 Å². The summed E-state index contributed by atoms with van der Waals surface area (Å²) in [6.07, 6.45) is 0. The fourth-order valence-electron chi connectivity index (χ4n) is 1.88. The quantitative estimate of drug-likeness (QED) is 0.653. The molecule has 3 rings (SSSR count). The molecule has 0 fully saturated rings. The Morgan fingerprint density at radius 3 is 2.70 bits per heavy atom. The predicted molar refractivity (Wildman–Crippen MR) is 85.3 cm³/mol. The number of carbonyl (C=O) groups is 1. The van der Waals surface area contributed by atoms with Gasteiger partial charge in [-0.1, -0.05) is 41.4 Å². The van der Waals surface area contributed by atoms with Crippen LogP contribution in [0.1, 0.15) is 16.2 Å². The molecule has 7 heteroatoms. The van der Waals surface area contributed by atoms with Gasteiger partial charge < -0.3 is 9.15 Å². The molecule has 0 unspecified atom stereocenters. The molecule has 5 nitrogen and oxygen atoms in total. The van der Waals surface area contributed by atoms with Crippen molar-refractivity contribution >= 4 is 29.2 Å². The molecule has 3 aromatic rings. The van der Waals surface area contributed by atoms with Gasteiger partial charge in [0.1, 0.15) is 0 Å². The van der Waals surface area contributed by atoms with Gasteiger partial charge in [-0.2, -0.15) is 0 Å². The van der Waals surface area contributed by atoms with Crippen molar-refractivity contribution in [2.24, 2.45) is 0 Å². The summed E-state index contributed by atoms with van der Waals surface area (Å²) in [5.74, 6) is -0.0790. The SMILES string of the molecule is O=C(OCc1nnc(-c2ccccc2Cl)o1)c1cccc(Cl)c1. The van der Waals surface area contributed by atoms with E-state index in [-0.39, 0.29) is 18.4 Å². The molecule has 23 heavy (non-hydrogen) atoms. The van der Waals surface area contributed by atoms with E-state index in [1.54, 1.807) is 36.4 Å². The minimum Gasteiger partial charge on any atom is -0.452 e. The molecule has 0 atom stereocenters. The maximum atomic E-state index is 11.9. The Kier molecular flexibility index (Phi) is 4.60. The summed E-state index contributed by atoms with van der Waals surface area (Å²) in [7, 11) is 0. The fraction of sp³-hybridized carbons (Fsp3) is 0.0625. The van der Waals surface area contributed by atoms with Gasteiger partial charge in [0.2, 0.25) is 5.89 Å². The van der Waals surface area contributed by atoms with E-state index >= 15 is 0 Å². The number of carbonyl (C=O) groups excluding carboxylic acids is 1. The van der Waals surface area contributed by atoms with Gasteiger partial charge in [0, 0.05) is 5.02 Å². The first-order chi connectivity index (χ1) is 11.1. The summed E-state index contributed by atoms with van der Waals surface area (Å²) in [5, 5.41) is 8.69. The van der Waals surface area contributed by atoms with E-state index in [0.717, 1.165) is 0 Å². The molecule has 0 amide bonds. The van der Waals surface area contributed by atoms with E-state index in [0.29, 0.717) is 21.2 Å².